The Kier molecular flexibility index (Phi) is 4.96. The zero-order chi connectivity index (χ0) is 21.3. The van der Waals surface area contributed by atoms with Crippen LogP contribution in [0.1, 0.15) is 5.56 Å². The minimum atomic E-state index is -4.05. The molecule has 0 fully saturated rings. The number of sulfonamides is 1. The Morgan fingerprint density at radius 1 is 0.900 bits per heavy atom. The van der Waals surface area contributed by atoms with Crippen molar-refractivity contribution in [3.63, 3.8) is 0 Å². The van der Waals surface area contributed by atoms with E-state index < -0.39 is 15.8 Å². The Bertz CT molecular complexity index is 1340. The van der Waals surface area contributed by atoms with Crippen molar-refractivity contribution in [1.82, 2.24) is 9.97 Å². The van der Waals surface area contributed by atoms with Gasteiger partial charge < -0.3 is 10.4 Å². The molecule has 0 unspecified atom stereocenters. The first-order chi connectivity index (χ1) is 14.3. The highest BCUT2D eigenvalue weighted by molar-refractivity contribution is 7.92. The summed E-state index contributed by atoms with van der Waals surface area (Å²) < 4.78 is 41.8. The van der Waals surface area contributed by atoms with Crippen LogP contribution < -0.4 is 10.0 Å². The van der Waals surface area contributed by atoms with Gasteiger partial charge in [0, 0.05) is 5.69 Å². The molecule has 0 atom stereocenters. The van der Waals surface area contributed by atoms with E-state index in [1.807, 2.05) is 0 Å². The highest BCUT2D eigenvalue weighted by Gasteiger charge is 2.21. The number of halogens is 1. The van der Waals surface area contributed by atoms with Crippen molar-refractivity contribution >= 4 is 38.4 Å². The number of hydrogen-bond acceptors (Lipinski definition) is 6. The number of hydrogen-bond donors (Lipinski definition) is 3. The number of benzene rings is 3. The van der Waals surface area contributed by atoms with Crippen molar-refractivity contribution in [1.29, 1.82) is 0 Å². The molecule has 1 heterocycles. The molecule has 0 saturated heterocycles. The van der Waals surface area contributed by atoms with Crippen LogP contribution in [0.5, 0.6) is 5.75 Å². The van der Waals surface area contributed by atoms with Crippen LogP contribution >= 0.6 is 0 Å². The molecule has 7 nitrogen and oxygen atoms in total. The number of para-hydroxylation sites is 2. The molecule has 4 aromatic rings. The van der Waals surface area contributed by atoms with Gasteiger partial charge in [0.25, 0.3) is 10.0 Å². The van der Waals surface area contributed by atoms with Crippen molar-refractivity contribution in [2.75, 3.05) is 10.0 Å². The molecular weight excluding hydrogens is 407 g/mol. The molecule has 4 rings (SSSR count). The Morgan fingerprint density at radius 2 is 1.53 bits per heavy atom. The van der Waals surface area contributed by atoms with E-state index in [1.54, 1.807) is 36.4 Å². The Morgan fingerprint density at radius 3 is 2.17 bits per heavy atom. The van der Waals surface area contributed by atoms with Gasteiger partial charge in [0.05, 0.1) is 15.9 Å². The summed E-state index contributed by atoms with van der Waals surface area (Å²) in [5, 5.41) is 12.5. The smallest absolute Gasteiger partial charge is 0.263 e. The normalized spacial score (nSPS) is 11.4. The molecule has 30 heavy (non-hydrogen) atoms. The summed E-state index contributed by atoms with van der Waals surface area (Å²) in [6.45, 7) is 1.51. The number of rotatable bonds is 5. The summed E-state index contributed by atoms with van der Waals surface area (Å²) in [5.41, 5.74) is 1.92. The number of fused-ring (bicyclic) bond motifs is 1. The molecular formula is C21H17FN4O3S. The fourth-order valence-electron chi connectivity index (χ4n) is 2.94. The van der Waals surface area contributed by atoms with Gasteiger partial charge in [-0.15, -0.1) is 0 Å². The summed E-state index contributed by atoms with van der Waals surface area (Å²) in [6, 6.07) is 16.7. The number of nitrogens with zero attached hydrogens (tertiary/aromatic N) is 2. The van der Waals surface area contributed by atoms with Gasteiger partial charge in [0.2, 0.25) is 0 Å². The van der Waals surface area contributed by atoms with Crippen LogP contribution in [0.15, 0.2) is 71.6 Å². The van der Waals surface area contributed by atoms with E-state index in [1.165, 1.54) is 25.1 Å². The molecule has 0 aliphatic rings. The summed E-state index contributed by atoms with van der Waals surface area (Å²) in [5.74, 6) is -0.252. The van der Waals surface area contributed by atoms with Crippen LogP contribution in [0.25, 0.3) is 11.0 Å². The molecule has 9 heteroatoms. The van der Waals surface area contributed by atoms with Crippen molar-refractivity contribution < 1.29 is 17.9 Å². The lowest BCUT2D eigenvalue weighted by Gasteiger charge is -2.15. The van der Waals surface area contributed by atoms with Crippen LogP contribution in [-0.4, -0.2) is 23.5 Å². The van der Waals surface area contributed by atoms with E-state index in [0.29, 0.717) is 16.7 Å². The first-order valence-electron chi connectivity index (χ1n) is 8.94. The highest BCUT2D eigenvalue weighted by atomic mass is 32.2. The summed E-state index contributed by atoms with van der Waals surface area (Å²) in [4.78, 5) is 8.83. The number of aromatic hydroxyl groups is 1. The largest absolute Gasteiger partial charge is 0.508 e. The van der Waals surface area contributed by atoms with Crippen LogP contribution in [0.4, 0.5) is 21.7 Å². The van der Waals surface area contributed by atoms with Gasteiger partial charge in [-0.1, -0.05) is 12.1 Å². The third-order valence-corrected chi connectivity index (χ3v) is 5.86. The average molecular weight is 424 g/mol. The van der Waals surface area contributed by atoms with E-state index in [0.717, 1.165) is 12.1 Å². The van der Waals surface area contributed by atoms with Crippen LogP contribution in [0.2, 0.25) is 0 Å². The third-order valence-electron chi connectivity index (χ3n) is 4.36. The van der Waals surface area contributed by atoms with Crippen molar-refractivity contribution in [2.45, 2.75) is 11.8 Å². The van der Waals surface area contributed by atoms with Gasteiger partial charge >= 0.3 is 0 Å². The average Bonchev–Trinajstić information content (AvgIpc) is 2.69. The number of phenols is 1. The standard InChI is InChI=1S/C21H17FN4O3S/c1-13-12-14(22)6-11-19(13)30(28,29)26-21-20(23-15-7-9-16(27)10-8-15)24-17-4-2-3-5-18(17)25-21/h2-12,27H,1H3,(H,23,24)(H,25,26). The lowest BCUT2D eigenvalue weighted by Crippen LogP contribution is -2.17. The molecule has 0 saturated carbocycles. The zero-order valence-electron chi connectivity index (χ0n) is 15.8. The van der Waals surface area contributed by atoms with Gasteiger partial charge in [0.15, 0.2) is 11.6 Å². The molecule has 0 aliphatic heterocycles. The molecule has 3 aromatic carbocycles. The molecule has 0 spiro atoms. The van der Waals surface area contributed by atoms with Crippen molar-refractivity contribution in [2.24, 2.45) is 0 Å². The second-order valence-corrected chi connectivity index (χ2v) is 8.25. The van der Waals surface area contributed by atoms with Crippen LogP contribution in [-0.2, 0) is 10.0 Å². The molecule has 152 valence electrons. The minimum absolute atomic E-state index is 0.00880. The van der Waals surface area contributed by atoms with E-state index >= 15 is 0 Å². The van der Waals surface area contributed by atoms with E-state index in [2.05, 4.69) is 20.0 Å². The van der Waals surface area contributed by atoms with Gasteiger partial charge in [-0.05, 0) is 67.1 Å². The maximum atomic E-state index is 13.4. The maximum Gasteiger partial charge on any atom is 0.263 e. The number of aromatic nitrogens is 2. The topological polar surface area (TPSA) is 104 Å². The van der Waals surface area contributed by atoms with E-state index in [-0.39, 0.29) is 27.8 Å². The van der Waals surface area contributed by atoms with Gasteiger partial charge in [-0.3, -0.25) is 4.72 Å². The lowest BCUT2D eigenvalue weighted by atomic mass is 10.2. The summed E-state index contributed by atoms with van der Waals surface area (Å²) in [7, 11) is -4.05. The molecule has 0 bridgehead atoms. The van der Waals surface area contributed by atoms with Crippen LogP contribution in [0.3, 0.4) is 0 Å². The SMILES string of the molecule is Cc1cc(F)ccc1S(=O)(=O)Nc1nc2ccccc2nc1Nc1ccc(O)cc1. The monoisotopic (exact) mass is 424 g/mol. The zero-order valence-corrected chi connectivity index (χ0v) is 16.6. The number of phenolic OH excluding ortho intramolecular Hbond substituents is 1. The van der Waals surface area contributed by atoms with E-state index in [4.69, 9.17) is 0 Å². The molecule has 0 amide bonds. The Balaban J connectivity index is 1.79. The number of aryl methyl sites for hydroxylation is 1. The van der Waals surface area contributed by atoms with Gasteiger partial charge in [0.1, 0.15) is 11.6 Å². The summed E-state index contributed by atoms with van der Waals surface area (Å²) in [6.07, 6.45) is 0. The molecule has 3 N–H and O–H groups in total. The fraction of sp³-hybridized carbons (Fsp3) is 0.0476. The molecule has 0 radical (unpaired) electrons. The predicted octanol–water partition coefficient (Wildman–Crippen LogP) is 4.33. The third kappa shape index (κ3) is 4.01. The fourth-order valence-corrected chi connectivity index (χ4v) is 4.17. The lowest BCUT2D eigenvalue weighted by molar-refractivity contribution is 0.475. The van der Waals surface area contributed by atoms with Gasteiger partial charge in [-0.2, -0.15) is 0 Å². The minimum Gasteiger partial charge on any atom is -0.508 e. The van der Waals surface area contributed by atoms with Crippen molar-refractivity contribution in [3.05, 3.63) is 78.1 Å². The van der Waals surface area contributed by atoms with E-state index in [9.17, 15) is 17.9 Å². The van der Waals surface area contributed by atoms with Gasteiger partial charge in [-0.25, -0.2) is 22.8 Å². The Hall–Kier alpha value is -3.72. The first-order valence-corrected chi connectivity index (χ1v) is 10.4. The Labute approximate surface area is 172 Å². The second-order valence-electron chi connectivity index (χ2n) is 6.60. The quantitative estimate of drug-likeness (QED) is 0.412. The maximum absolute atomic E-state index is 13.4. The number of nitrogens with one attached hydrogen (secondary N) is 2. The molecule has 0 aliphatic carbocycles. The predicted molar refractivity (Wildman–Crippen MR) is 113 cm³/mol. The second kappa shape index (κ2) is 7.60. The summed E-state index contributed by atoms with van der Waals surface area (Å²) >= 11 is 0. The number of anilines is 3. The van der Waals surface area contributed by atoms with Crippen molar-refractivity contribution in [3.8, 4) is 5.75 Å². The highest BCUT2D eigenvalue weighted by Crippen LogP contribution is 2.28. The molecule has 1 aromatic heterocycles. The first kappa shape index (κ1) is 19.6. The van der Waals surface area contributed by atoms with Crippen LogP contribution in [0, 0.1) is 12.7 Å².